The van der Waals surface area contributed by atoms with Gasteiger partial charge in [-0.25, -0.2) is 13.6 Å². The lowest BCUT2D eigenvalue weighted by atomic mass is 9.85. The maximum atomic E-state index is 14.0. The van der Waals surface area contributed by atoms with E-state index in [-0.39, 0.29) is 18.7 Å². The Hall–Kier alpha value is -3.87. The zero-order valence-corrected chi connectivity index (χ0v) is 24.1. The SMILES string of the molecule is CC(C)(C)OC(=O)C[C@H](NC(=O)C1CCC(NC(=O)OCc2ccccc2)CC1)C(O)COc1c(F)c(F)cc(F)c1F. The molecule has 1 fully saturated rings. The molecule has 43 heavy (non-hydrogen) atoms. The molecule has 1 unspecified atom stereocenters. The highest BCUT2D eigenvalue weighted by molar-refractivity contribution is 5.80. The summed E-state index contributed by atoms with van der Waals surface area (Å²) in [5, 5.41) is 16.1. The van der Waals surface area contributed by atoms with Crippen molar-refractivity contribution in [3.63, 3.8) is 0 Å². The maximum Gasteiger partial charge on any atom is 0.407 e. The van der Waals surface area contributed by atoms with Gasteiger partial charge in [-0.15, -0.1) is 0 Å². The second-order valence-electron chi connectivity index (χ2n) is 11.3. The van der Waals surface area contributed by atoms with Crippen molar-refractivity contribution in [1.29, 1.82) is 0 Å². The lowest BCUT2D eigenvalue weighted by Crippen LogP contribution is -2.50. The third-order valence-corrected chi connectivity index (χ3v) is 6.70. The van der Waals surface area contributed by atoms with Crippen molar-refractivity contribution in [2.75, 3.05) is 6.61 Å². The van der Waals surface area contributed by atoms with Crippen molar-refractivity contribution in [1.82, 2.24) is 10.6 Å². The van der Waals surface area contributed by atoms with Crippen molar-refractivity contribution < 1.29 is 51.3 Å². The average molecular weight is 613 g/mol. The molecule has 1 saturated carbocycles. The highest BCUT2D eigenvalue weighted by atomic mass is 19.2. The molecule has 9 nitrogen and oxygen atoms in total. The van der Waals surface area contributed by atoms with E-state index in [1.807, 2.05) is 30.3 Å². The van der Waals surface area contributed by atoms with Crippen LogP contribution < -0.4 is 15.4 Å². The lowest BCUT2D eigenvalue weighted by molar-refractivity contribution is -0.156. The summed E-state index contributed by atoms with van der Waals surface area (Å²) in [7, 11) is 0. The van der Waals surface area contributed by atoms with Gasteiger partial charge in [-0.2, -0.15) is 8.78 Å². The zero-order valence-electron chi connectivity index (χ0n) is 24.1. The molecule has 2 aromatic rings. The number of carbonyl (C=O) groups is 3. The molecular weight excluding hydrogens is 576 g/mol. The molecule has 0 aromatic heterocycles. The highest BCUT2D eigenvalue weighted by Gasteiger charge is 2.33. The lowest BCUT2D eigenvalue weighted by Gasteiger charge is -2.31. The minimum absolute atomic E-state index is 0.0113. The number of nitrogens with one attached hydrogen (secondary N) is 2. The van der Waals surface area contributed by atoms with Crippen LogP contribution >= 0.6 is 0 Å². The summed E-state index contributed by atoms with van der Waals surface area (Å²) in [5.41, 5.74) is -0.0450. The molecular formula is C30H36F4N2O7. The van der Waals surface area contributed by atoms with Gasteiger partial charge in [0, 0.05) is 18.0 Å². The molecule has 2 aromatic carbocycles. The fourth-order valence-electron chi connectivity index (χ4n) is 4.54. The molecule has 236 valence electrons. The predicted molar refractivity (Wildman–Crippen MR) is 146 cm³/mol. The molecule has 3 rings (SSSR count). The number of alkyl carbamates (subject to hydrolysis) is 1. The van der Waals surface area contributed by atoms with Crippen LogP contribution in [-0.2, 0) is 25.7 Å². The van der Waals surface area contributed by atoms with E-state index >= 15 is 0 Å². The number of benzene rings is 2. The Morgan fingerprint density at radius 2 is 1.58 bits per heavy atom. The summed E-state index contributed by atoms with van der Waals surface area (Å²) in [4.78, 5) is 37.8. The van der Waals surface area contributed by atoms with Crippen molar-refractivity contribution in [3.8, 4) is 5.75 Å². The number of hydrogen-bond donors (Lipinski definition) is 3. The van der Waals surface area contributed by atoms with Gasteiger partial charge >= 0.3 is 12.1 Å². The van der Waals surface area contributed by atoms with Crippen LogP contribution in [0.5, 0.6) is 5.75 Å². The first kappa shape index (κ1) is 33.6. The van der Waals surface area contributed by atoms with Gasteiger partial charge in [0.2, 0.25) is 17.5 Å². The molecule has 2 atom stereocenters. The first-order valence-electron chi connectivity index (χ1n) is 13.9. The molecule has 0 radical (unpaired) electrons. The van der Waals surface area contributed by atoms with Crippen LogP contribution in [0.1, 0.15) is 58.4 Å². The summed E-state index contributed by atoms with van der Waals surface area (Å²) in [6.45, 7) is 4.05. The van der Waals surface area contributed by atoms with Crippen LogP contribution in [0.2, 0.25) is 0 Å². The zero-order chi connectivity index (χ0) is 31.7. The number of esters is 1. The van der Waals surface area contributed by atoms with E-state index in [1.54, 1.807) is 20.8 Å². The van der Waals surface area contributed by atoms with Crippen LogP contribution in [0.25, 0.3) is 0 Å². The number of carbonyl (C=O) groups excluding carboxylic acids is 3. The number of amides is 2. The fraction of sp³-hybridized carbons (Fsp3) is 0.500. The molecule has 13 heteroatoms. The topological polar surface area (TPSA) is 123 Å². The Kier molecular flexibility index (Phi) is 11.8. The maximum absolute atomic E-state index is 14.0. The molecule has 1 aliphatic carbocycles. The molecule has 3 N–H and O–H groups in total. The predicted octanol–water partition coefficient (Wildman–Crippen LogP) is 4.68. The van der Waals surface area contributed by atoms with E-state index in [2.05, 4.69) is 10.6 Å². The summed E-state index contributed by atoms with van der Waals surface area (Å²) >= 11 is 0. The number of ether oxygens (including phenoxy) is 3. The molecule has 0 bridgehead atoms. The average Bonchev–Trinajstić information content (AvgIpc) is 2.94. The van der Waals surface area contributed by atoms with Crippen LogP contribution in [-0.4, -0.2) is 53.5 Å². The minimum Gasteiger partial charge on any atom is -0.485 e. The molecule has 0 heterocycles. The minimum atomic E-state index is -1.80. The van der Waals surface area contributed by atoms with Crippen LogP contribution in [0.4, 0.5) is 22.4 Å². The number of aliphatic hydroxyl groups is 1. The summed E-state index contributed by atoms with van der Waals surface area (Å²) in [6, 6.07) is 7.64. The molecule has 0 spiro atoms. The fourth-order valence-corrected chi connectivity index (χ4v) is 4.54. The third kappa shape index (κ3) is 10.4. The Labute approximate surface area is 246 Å². The van der Waals surface area contributed by atoms with E-state index in [1.165, 1.54) is 0 Å². The van der Waals surface area contributed by atoms with Crippen LogP contribution in [0.3, 0.4) is 0 Å². The summed E-state index contributed by atoms with van der Waals surface area (Å²) in [5.74, 6) is -10.2. The normalized spacial score (nSPS) is 18.2. The molecule has 0 aliphatic heterocycles. The van der Waals surface area contributed by atoms with Gasteiger partial charge < -0.3 is 30.0 Å². The first-order valence-corrected chi connectivity index (χ1v) is 13.9. The number of hydrogen-bond acceptors (Lipinski definition) is 7. The van der Waals surface area contributed by atoms with Gasteiger partial charge in [0.15, 0.2) is 17.4 Å². The van der Waals surface area contributed by atoms with Gasteiger partial charge in [-0.3, -0.25) is 9.59 Å². The number of rotatable bonds is 11. The Morgan fingerprint density at radius 1 is 0.977 bits per heavy atom. The number of aliphatic hydroxyl groups excluding tert-OH is 1. The molecule has 1 aliphatic rings. The monoisotopic (exact) mass is 612 g/mol. The van der Waals surface area contributed by atoms with Crippen molar-refractivity contribution in [2.24, 2.45) is 5.92 Å². The van der Waals surface area contributed by atoms with Crippen molar-refractivity contribution >= 4 is 18.0 Å². The van der Waals surface area contributed by atoms with Gasteiger partial charge in [0.1, 0.15) is 24.9 Å². The quantitative estimate of drug-likeness (QED) is 0.191. The van der Waals surface area contributed by atoms with Gasteiger partial charge in [0.25, 0.3) is 0 Å². The van der Waals surface area contributed by atoms with E-state index in [0.717, 1.165) is 5.56 Å². The van der Waals surface area contributed by atoms with Gasteiger partial charge in [-0.05, 0) is 52.0 Å². The van der Waals surface area contributed by atoms with E-state index in [9.17, 15) is 37.1 Å². The summed E-state index contributed by atoms with van der Waals surface area (Å²) in [6.07, 6.45) is -1.15. The number of halogens is 4. The smallest absolute Gasteiger partial charge is 0.407 e. The van der Waals surface area contributed by atoms with Crippen LogP contribution in [0.15, 0.2) is 36.4 Å². The van der Waals surface area contributed by atoms with Crippen LogP contribution in [0, 0.1) is 29.2 Å². The first-order chi connectivity index (χ1) is 20.2. The van der Waals surface area contributed by atoms with Gasteiger partial charge in [-0.1, -0.05) is 30.3 Å². The van der Waals surface area contributed by atoms with Crippen molar-refractivity contribution in [3.05, 3.63) is 65.2 Å². The third-order valence-electron chi connectivity index (χ3n) is 6.70. The largest absolute Gasteiger partial charge is 0.485 e. The second-order valence-corrected chi connectivity index (χ2v) is 11.3. The van der Waals surface area contributed by atoms with E-state index in [4.69, 9.17) is 14.2 Å². The van der Waals surface area contributed by atoms with Crippen molar-refractivity contribution in [2.45, 2.75) is 83.3 Å². The Balaban J connectivity index is 1.57. The second kappa shape index (κ2) is 15.0. The Morgan fingerprint density at radius 3 is 2.16 bits per heavy atom. The van der Waals surface area contributed by atoms with E-state index < -0.39 is 83.7 Å². The molecule has 2 amide bonds. The van der Waals surface area contributed by atoms with Gasteiger partial charge in [0.05, 0.1) is 12.5 Å². The summed E-state index contributed by atoms with van der Waals surface area (Å²) < 4.78 is 70.5. The Bertz CT molecular complexity index is 1240. The highest BCUT2D eigenvalue weighted by Crippen LogP contribution is 2.28. The van der Waals surface area contributed by atoms with E-state index in [0.29, 0.717) is 25.7 Å². The standard InChI is InChI=1S/C30H36F4N2O7/c1-30(2,3)43-24(38)14-22(23(37)16-41-27-25(33)20(31)13-21(32)26(27)34)36-28(39)18-9-11-19(12-10-18)35-29(40)42-15-17-7-5-4-6-8-17/h4-8,13,18-19,22-23,37H,9-12,14-16H2,1-3H3,(H,35,40)(H,36,39)/t18?,19?,22-,23?/m0/s1. The molecule has 0 saturated heterocycles.